The molecular formula is C19H23NO5. The highest BCUT2D eigenvalue weighted by Crippen LogP contribution is 2.44. The number of benzene rings is 1. The van der Waals surface area contributed by atoms with E-state index in [2.05, 4.69) is 5.32 Å². The molecule has 1 fully saturated rings. The van der Waals surface area contributed by atoms with Gasteiger partial charge in [-0.1, -0.05) is 23.8 Å². The normalized spacial score (nSPS) is 19.1. The van der Waals surface area contributed by atoms with Crippen LogP contribution in [-0.4, -0.2) is 37.4 Å². The molecule has 6 heteroatoms. The summed E-state index contributed by atoms with van der Waals surface area (Å²) in [6.07, 6.45) is 0.306. The Bertz CT molecular complexity index is 731. The number of nitrogens with one attached hydrogen (secondary N) is 1. The SMILES string of the molecule is CCOC(=O)OC1=C(c2cc(C)ccc2C)C(=O)OC12CCNCC2. The van der Waals surface area contributed by atoms with Gasteiger partial charge in [0.1, 0.15) is 5.57 Å². The molecule has 1 saturated heterocycles. The molecule has 1 aromatic rings. The minimum Gasteiger partial charge on any atom is -0.447 e. The standard InChI is InChI=1S/C19H23NO5/c1-4-23-18(22)24-16-15(14-11-12(2)5-6-13(14)3)17(21)25-19(16)7-9-20-10-8-19/h5-6,11,20H,4,7-10H2,1-3H3. The van der Waals surface area contributed by atoms with Crippen LogP contribution in [0.25, 0.3) is 5.57 Å². The zero-order chi connectivity index (χ0) is 18.0. The van der Waals surface area contributed by atoms with E-state index in [1.807, 2.05) is 32.0 Å². The van der Waals surface area contributed by atoms with Crippen molar-refractivity contribution in [2.45, 2.75) is 39.2 Å². The number of rotatable bonds is 3. The summed E-state index contributed by atoms with van der Waals surface area (Å²) in [5.41, 5.74) is 2.10. The first-order chi connectivity index (χ1) is 12.0. The summed E-state index contributed by atoms with van der Waals surface area (Å²) < 4.78 is 16.2. The quantitative estimate of drug-likeness (QED) is 0.849. The third kappa shape index (κ3) is 3.26. The first kappa shape index (κ1) is 17.5. The lowest BCUT2D eigenvalue weighted by atomic mass is 9.87. The largest absolute Gasteiger partial charge is 0.513 e. The molecule has 2 heterocycles. The Balaban J connectivity index is 2.13. The molecular weight excluding hydrogens is 322 g/mol. The van der Waals surface area contributed by atoms with E-state index in [4.69, 9.17) is 14.2 Å². The first-order valence-corrected chi connectivity index (χ1v) is 8.58. The van der Waals surface area contributed by atoms with Crippen LogP contribution >= 0.6 is 0 Å². The molecule has 1 aromatic carbocycles. The highest BCUT2D eigenvalue weighted by Gasteiger charge is 2.51. The molecule has 134 valence electrons. The number of aryl methyl sites for hydroxylation is 2. The van der Waals surface area contributed by atoms with Crippen molar-refractivity contribution in [2.75, 3.05) is 19.7 Å². The summed E-state index contributed by atoms with van der Waals surface area (Å²) in [6.45, 7) is 7.15. The minimum absolute atomic E-state index is 0.203. The second-order valence-electron chi connectivity index (χ2n) is 6.44. The highest BCUT2D eigenvalue weighted by atomic mass is 16.7. The molecule has 2 aliphatic rings. The maximum absolute atomic E-state index is 12.7. The number of hydrogen-bond acceptors (Lipinski definition) is 6. The fourth-order valence-electron chi connectivity index (χ4n) is 3.37. The van der Waals surface area contributed by atoms with Gasteiger partial charge in [0.05, 0.1) is 6.61 Å². The van der Waals surface area contributed by atoms with Crippen molar-refractivity contribution >= 4 is 17.7 Å². The summed E-state index contributed by atoms with van der Waals surface area (Å²) in [5.74, 6) is -0.166. The molecule has 0 atom stereocenters. The van der Waals surface area contributed by atoms with Gasteiger partial charge in [-0.05, 0) is 45.0 Å². The molecule has 0 unspecified atom stereocenters. The third-order valence-corrected chi connectivity index (χ3v) is 4.65. The predicted octanol–water partition coefficient (Wildman–Crippen LogP) is 2.87. The Hall–Kier alpha value is -2.34. The predicted molar refractivity (Wildman–Crippen MR) is 91.9 cm³/mol. The van der Waals surface area contributed by atoms with E-state index in [0.29, 0.717) is 31.5 Å². The first-order valence-electron chi connectivity index (χ1n) is 8.58. The molecule has 0 amide bonds. The van der Waals surface area contributed by atoms with E-state index in [1.165, 1.54) is 0 Å². The second kappa shape index (κ2) is 6.88. The van der Waals surface area contributed by atoms with Crippen LogP contribution in [0, 0.1) is 13.8 Å². The molecule has 0 radical (unpaired) electrons. The second-order valence-corrected chi connectivity index (χ2v) is 6.44. The zero-order valence-electron chi connectivity index (χ0n) is 14.8. The average molecular weight is 345 g/mol. The fraction of sp³-hybridized carbons (Fsp3) is 0.474. The monoisotopic (exact) mass is 345 g/mol. The zero-order valence-corrected chi connectivity index (χ0v) is 14.8. The van der Waals surface area contributed by atoms with Crippen LogP contribution in [0.3, 0.4) is 0 Å². The van der Waals surface area contributed by atoms with Crippen molar-refractivity contribution in [2.24, 2.45) is 0 Å². The Morgan fingerprint density at radius 2 is 2.00 bits per heavy atom. The summed E-state index contributed by atoms with van der Waals surface area (Å²) in [6, 6.07) is 5.84. The molecule has 3 rings (SSSR count). The molecule has 0 aliphatic carbocycles. The van der Waals surface area contributed by atoms with E-state index < -0.39 is 17.7 Å². The van der Waals surface area contributed by atoms with Crippen molar-refractivity contribution in [3.05, 3.63) is 40.6 Å². The Morgan fingerprint density at radius 3 is 2.68 bits per heavy atom. The van der Waals surface area contributed by atoms with Gasteiger partial charge in [0.2, 0.25) is 0 Å². The molecule has 1 spiro atoms. The molecule has 2 aliphatic heterocycles. The van der Waals surface area contributed by atoms with Gasteiger partial charge in [-0.15, -0.1) is 0 Å². The van der Waals surface area contributed by atoms with Crippen LogP contribution < -0.4 is 5.32 Å². The van der Waals surface area contributed by atoms with E-state index in [9.17, 15) is 9.59 Å². The molecule has 0 saturated carbocycles. The topological polar surface area (TPSA) is 73.9 Å². The number of ether oxygens (including phenoxy) is 3. The van der Waals surface area contributed by atoms with Gasteiger partial charge in [0.15, 0.2) is 11.4 Å². The van der Waals surface area contributed by atoms with E-state index >= 15 is 0 Å². The van der Waals surface area contributed by atoms with Crippen molar-refractivity contribution < 1.29 is 23.8 Å². The number of hydrogen-bond donors (Lipinski definition) is 1. The van der Waals surface area contributed by atoms with Crippen molar-refractivity contribution in [1.29, 1.82) is 0 Å². The Morgan fingerprint density at radius 1 is 1.28 bits per heavy atom. The molecule has 1 N–H and O–H groups in total. The Kier molecular flexibility index (Phi) is 4.81. The summed E-state index contributed by atoms with van der Waals surface area (Å²) in [7, 11) is 0. The lowest BCUT2D eigenvalue weighted by Crippen LogP contribution is -2.44. The maximum Gasteiger partial charge on any atom is 0.513 e. The number of carbonyl (C=O) groups excluding carboxylic acids is 2. The smallest absolute Gasteiger partial charge is 0.447 e. The van der Waals surface area contributed by atoms with Crippen LogP contribution in [-0.2, 0) is 19.0 Å². The van der Waals surface area contributed by atoms with Crippen LogP contribution in [0.15, 0.2) is 24.0 Å². The summed E-state index contributed by atoms with van der Waals surface area (Å²) >= 11 is 0. The van der Waals surface area contributed by atoms with Gasteiger partial charge in [-0.25, -0.2) is 9.59 Å². The molecule has 0 aromatic heterocycles. The van der Waals surface area contributed by atoms with Crippen molar-refractivity contribution in [1.82, 2.24) is 5.32 Å². The summed E-state index contributed by atoms with van der Waals surface area (Å²) in [4.78, 5) is 24.7. The van der Waals surface area contributed by atoms with Gasteiger partial charge in [0.25, 0.3) is 0 Å². The average Bonchev–Trinajstić information content (AvgIpc) is 2.82. The lowest BCUT2D eigenvalue weighted by Gasteiger charge is -2.33. The van der Waals surface area contributed by atoms with Gasteiger partial charge in [0, 0.05) is 12.8 Å². The van der Waals surface area contributed by atoms with Gasteiger partial charge >= 0.3 is 12.1 Å². The van der Waals surface area contributed by atoms with Crippen molar-refractivity contribution in [3.8, 4) is 0 Å². The lowest BCUT2D eigenvalue weighted by molar-refractivity contribution is -0.149. The van der Waals surface area contributed by atoms with Crippen LogP contribution in [0.1, 0.15) is 36.5 Å². The number of carbonyl (C=O) groups is 2. The third-order valence-electron chi connectivity index (χ3n) is 4.65. The van der Waals surface area contributed by atoms with Gasteiger partial charge in [-0.2, -0.15) is 0 Å². The van der Waals surface area contributed by atoms with E-state index in [1.54, 1.807) is 6.92 Å². The van der Waals surface area contributed by atoms with E-state index in [-0.39, 0.29) is 12.4 Å². The Labute approximate surface area is 147 Å². The maximum atomic E-state index is 12.7. The van der Waals surface area contributed by atoms with Crippen molar-refractivity contribution in [3.63, 3.8) is 0 Å². The van der Waals surface area contributed by atoms with Crippen LogP contribution in [0.4, 0.5) is 4.79 Å². The number of esters is 1. The fourth-order valence-corrected chi connectivity index (χ4v) is 3.37. The van der Waals surface area contributed by atoms with Crippen LogP contribution in [0.5, 0.6) is 0 Å². The van der Waals surface area contributed by atoms with Gasteiger partial charge < -0.3 is 19.5 Å². The molecule has 0 bridgehead atoms. The number of piperidine rings is 1. The van der Waals surface area contributed by atoms with Gasteiger partial charge in [-0.3, -0.25) is 0 Å². The van der Waals surface area contributed by atoms with Crippen LogP contribution in [0.2, 0.25) is 0 Å². The minimum atomic E-state index is -0.902. The molecule has 25 heavy (non-hydrogen) atoms. The van der Waals surface area contributed by atoms with E-state index in [0.717, 1.165) is 16.7 Å². The highest BCUT2D eigenvalue weighted by molar-refractivity contribution is 6.20. The summed E-state index contributed by atoms with van der Waals surface area (Å²) in [5, 5.41) is 3.24. The molecule has 6 nitrogen and oxygen atoms in total.